The normalized spacial score (nSPS) is 11.8. The molecule has 5 aromatic rings. The summed E-state index contributed by atoms with van der Waals surface area (Å²) in [6.45, 7) is 3.79. The van der Waals surface area contributed by atoms with Crippen molar-refractivity contribution in [2.75, 3.05) is 12.4 Å². The number of hydrogen-bond donors (Lipinski definition) is 1. The summed E-state index contributed by atoms with van der Waals surface area (Å²) >= 11 is 6.26. The van der Waals surface area contributed by atoms with Crippen molar-refractivity contribution in [2.24, 2.45) is 0 Å². The van der Waals surface area contributed by atoms with E-state index < -0.39 is 9.84 Å². The predicted molar refractivity (Wildman–Crippen MR) is 131 cm³/mol. The lowest BCUT2D eigenvalue weighted by atomic mass is 10.1. The van der Waals surface area contributed by atoms with Crippen LogP contribution in [0, 0.1) is 13.8 Å². The predicted octanol–water partition coefficient (Wildman–Crippen LogP) is 5.13. The number of methoxy groups -OCH3 is 1. The van der Waals surface area contributed by atoms with Gasteiger partial charge in [-0.3, -0.25) is 0 Å². The third-order valence-corrected chi connectivity index (χ3v) is 7.54. The van der Waals surface area contributed by atoms with Crippen LogP contribution in [0.15, 0.2) is 70.6 Å². The molecule has 0 spiro atoms. The van der Waals surface area contributed by atoms with E-state index in [1.165, 1.54) is 4.52 Å². The Balaban J connectivity index is 1.74. The van der Waals surface area contributed by atoms with Crippen LogP contribution in [0.2, 0.25) is 5.02 Å². The number of fused-ring (bicyclic) bond motifs is 3. The Labute approximate surface area is 201 Å². The molecule has 0 bridgehead atoms. The minimum atomic E-state index is -3.97. The Bertz CT molecular complexity index is 1680. The number of nitrogens with one attached hydrogen (secondary N) is 1. The molecule has 0 fully saturated rings. The van der Waals surface area contributed by atoms with Crippen molar-refractivity contribution >= 4 is 49.5 Å². The van der Waals surface area contributed by atoms with Gasteiger partial charge in [0.15, 0.2) is 5.65 Å². The molecule has 0 unspecified atom stereocenters. The molecule has 172 valence electrons. The molecule has 0 amide bonds. The summed E-state index contributed by atoms with van der Waals surface area (Å²) in [4.78, 5) is 4.77. The smallest absolute Gasteiger partial charge is 0.229 e. The first-order chi connectivity index (χ1) is 16.3. The SMILES string of the molecule is COc1cccc(Nc2nc3c(S(=O)(=O)c4ccc(C)c(C)c4)nnn3c3ccc(Cl)cc23)c1. The van der Waals surface area contributed by atoms with Crippen molar-refractivity contribution in [3.63, 3.8) is 0 Å². The average Bonchev–Trinajstić information content (AvgIpc) is 3.25. The van der Waals surface area contributed by atoms with E-state index in [1.54, 1.807) is 43.5 Å². The van der Waals surface area contributed by atoms with Crippen LogP contribution in [-0.4, -0.2) is 35.3 Å². The molecule has 2 aromatic heterocycles. The van der Waals surface area contributed by atoms with E-state index >= 15 is 0 Å². The second-order valence-electron chi connectivity index (χ2n) is 7.86. The van der Waals surface area contributed by atoms with E-state index in [9.17, 15) is 8.42 Å². The number of aromatic nitrogens is 4. The van der Waals surface area contributed by atoms with Crippen LogP contribution in [0.3, 0.4) is 0 Å². The molecule has 0 aliphatic heterocycles. The maximum atomic E-state index is 13.5. The first-order valence-electron chi connectivity index (χ1n) is 10.4. The summed E-state index contributed by atoms with van der Waals surface area (Å²) < 4.78 is 33.7. The molecule has 0 atom stereocenters. The topological polar surface area (TPSA) is 98.5 Å². The van der Waals surface area contributed by atoms with Crippen LogP contribution in [0.1, 0.15) is 11.1 Å². The molecule has 5 rings (SSSR count). The van der Waals surface area contributed by atoms with Gasteiger partial charge in [0.05, 0.1) is 17.5 Å². The summed E-state index contributed by atoms with van der Waals surface area (Å²) in [6.07, 6.45) is 0. The number of hydrogen-bond acceptors (Lipinski definition) is 7. The zero-order valence-electron chi connectivity index (χ0n) is 18.6. The van der Waals surface area contributed by atoms with E-state index in [2.05, 4.69) is 20.6 Å². The summed E-state index contributed by atoms with van der Waals surface area (Å²) in [5, 5.41) is 12.3. The van der Waals surface area contributed by atoms with Gasteiger partial charge in [0.25, 0.3) is 0 Å². The lowest BCUT2D eigenvalue weighted by Crippen LogP contribution is -2.06. The van der Waals surface area contributed by atoms with Gasteiger partial charge in [-0.1, -0.05) is 28.9 Å². The fourth-order valence-electron chi connectivity index (χ4n) is 3.67. The maximum Gasteiger partial charge on any atom is 0.229 e. The number of halogens is 1. The first kappa shape index (κ1) is 22.1. The Morgan fingerprint density at radius 2 is 1.82 bits per heavy atom. The number of nitrogens with zero attached hydrogens (tertiary/aromatic N) is 4. The van der Waals surface area contributed by atoms with E-state index in [-0.39, 0.29) is 15.6 Å². The van der Waals surface area contributed by atoms with Crippen molar-refractivity contribution in [2.45, 2.75) is 23.8 Å². The molecule has 1 N–H and O–H groups in total. The zero-order valence-corrected chi connectivity index (χ0v) is 20.1. The van der Waals surface area contributed by atoms with E-state index in [0.717, 1.165) is 11.1 Å². The van der Waals surface area contributed by atoms with Gasteiger partial charge in [-0.05, 0) is 67.4 Å². The van der Waals surface area contributed by atoms with Crippen LogP contribution in [0.25, 0.3) is 16.6 Å². The van der Waals surface area contributed by atoms with Gasteiger partial charge in [0.1, 0.15) is 11.6 Å². The van der Waals surface area contributed by atoms with Crippen LogP contribution in [0.5, 0.6) is 5.75 Å². The summed E-state index contributed by atoms with van der Waals surface area (Å²) in [6, 6.07) is 17.5. The largest absolute Gasteiger partial charge is 0.497 e. The van der Waals surface area contributed by atoms with Gasteiger partial charge >= 0.3 is 0 Å². The summed E-state index contributed by atoms with van der Waals surface area (Å²) in [5.74, 6) is 1.08. The lowest BCUT2D eigenvalue weighted by molar-refractivity contribution is 0.415. The molecule has 10 heteroatoms. The number of ether oxygens (including phenoxy) is 1. The van der Waals surface area contributed by atoms with E-state index in [1.807, 2.05) is 38.1 Å². The molecule has 3 aromatic carbocycles. The van der Waals surface area contributed by atoms with E-state index in [4.69, 9.17) is 16.3 Å². The molecule has 8 nitrogen and oxygen atoms in total. The minimum absolute atomic E-state index is 0.110. The molecule has 0 aliphatic carbocycles. The first-order valence-corrected chi connectivity index (χ1v) is 12.2. The summed E-state index contributed by atoms with van der Waals surface area (Å²) in [7, 11) is -2.39. The molecular formula is C24H20ClN5O3S. The van der Waals surface area contributed by atoms with Crippen LogP contribution < -0.4 is 10.1 Å². The Hall–Kier alpha value is -3.69. The molecule has 0 saturated carbocycles. The molecular weight excluding hydrogens is 474 g/mol. The second kappa shape index (κ2) is 8.27. The average molecular weight is 494 g/mol. The molecule has 34 heavy (non-hydrogen) atoms. The number of sulfone groups is 1. The number of benzene rings is 3. The highest BCUT2D eigenvalue weighted by Crippen LogP contribution is 2.32. The van der Waals surface area contributed by atoms with Gasteiger partial charge in [-0.25, -0.2) is 13.4 Å². The van der Waals surface area contributed by atoms with Gasteiger partial charge in [-0.2, -0.15) is 4.52 Å². The Kier molecular flexibility index (Phi) is 5.38. The van der Waals surface area contributed by atoms with Gasteiger partial charge in [0, 0.05) is 22.2 Å². The van der Waals surface area contributed by atoms with Gasteiger partial charge in [0.2, 0.25) is 14.9 Å². The number of anilines is 2. The number of rotatable bonds is 5. The molecule has 2 heterocycles. The van der Waals surface area contributed by atoms with Crippen molar-refractivity contribution in [3.05, 3.63) is 76.8 Å². The van der Waals surface area contributed by atoms with Crippen molar-refractivity contribution in [3.8, 4) is 5.75 Å². The van der Waals surface area contributed by atoms with E-state index in [0.29, 0.717) is 33.2 Å². The second-order valence-corrected chi connectivity index (χ2v) is 10.2. The molecule has 0 aliphatic rings. The Morgan fingerprint density at radius 1 is 1.00 bits per heavy atom. The maximum absolute atomic E-state index is 13.5. The highest BCUT2D eigenvalue weighted by molar-refractivity contribution is 7.91. The third kappa shape index (κ3) is 3.72. The fourth-order valence-corrected chi connectivity index (χ4v) is 5.16. The Morgan fingerprint density at radius 3 is 2.59 bits per heavy atom. The highest BCUT2D eigenvalue weighted by atomic mass is 35.5. The van der Waals surface area contributed by atoms with Crippen molar-refractivity contribution in [1.82, 2.24) is 19.8 Å². The minimum Gasteiger partial charge on any atom is -0.497 e. The standard InChI is InChI=1S/C24H20ClN5O3S/c1-14-7-9-19(11-15(14)2)34(31,32)24-23-27-22(26-17-5-4-6-18(13-17)33-3)20-12-16(25)8-10-21(20)30(23)29-28-24/h4-13H,1-3H3,(H,26,27). The van der Waals surface area contributed by atoms with Crippen LogP contribution in [-0.2, 0) is 9.84 Å². The van der Waals surface area contributed by atoms with Crippen molar-refractivity contribution in [1.29, 1.82) is 0 Å². The number of aryl methyl sites for hydroxylation is 2. The van der Waals surface area contributed by atoms with Crippen LogP contribution >= 0.6 is 11.6 Å². The highest BCUT2D eigenvalue weighted by Gasteiger charge is 2.27. The molecule has 0 saturated heterocycles. The summed E-state index contributed by atoms with van der Waals surface area (Å²) in [5.41, 5.74) is 3.29. The quantitative estimate of drug-likeness (QED) is 0.362. The molecule has 0 radical (unpaired) electrons. The van der Waals surface area contributed by atoms with Crippen LogP contribution in [0.4, 0.5) is 11.5 Å². The fraction of sp³-hybridized carbons (Fsp3) is 0.125. The zero-order chi connectivity index (χ0) is 24.0. The van der Waals surface area contributed by atoms with Crippen molar-refractivity contribution < 1.29 is 13.2 Å². The van der Waals surface area contributed by atoms with Gasteiger partial charge in [-0.15, -0.1) is 5.10 Å². The monoisotopic (exact) mass is 493 g/mol. The van der Waals surface area contributed by atoms with Gasteiger partial charge < -0.3 is 10.1 Å². The lowest BCUT2D eigenvalue weighted by Gasteiger charge is -2.12. The third-order valence-electron chi connectivity index (χ3n) is 5.65.